The van der Waals surface area contributed by atoms with Crippen LogP contribution in [0.2, 0.25) is 0 Å². The van der Waals surface area contributed by atoms with Crippen LogP contribution in [0.25, 0.3) is 0 Å². The third kappa shape index (κ3) is 3.33. The second-order valence-electron chi connectivity index (χ2n) is 1.41. The molecule has 0 saturated heterocycles. The Morgan fingerprint density at radius 1 is 1.12 bits per heavy atom. The highest BCUT2D eigenvalue weighted by molar-refractivity contribution is 5.74. The second-order valence-corrected chi connectivity index (χ2v) is 1.41. The summed E-state index contributed by atoms with van der Waals surface area (Å²) in [5, 5.41) is 0. The molecule has 0 bridgehead atoms. The summed E-state index contributed by atoms with van der Waals surface area (Å²) in [5.41, 5.74) is 0. The molecule has 0 atom stereocenters. The smallest absolute Gasteiger partial charge is 0.0895 e. The molecule has 0 amide bonds. The average Bonchev–Trinajstić information content (AvgIpc) is 1.68. The fourth-order valence-corrected chi connectivity index (χ4v) is 0.394. The topological polar surface area (TPSA) is 28.0 Å². The average molecular weight is 113 g/mol. The summed E-state index contributed by atoms with van der Waals surface area (Å²) in [7, 11) is 5.32. The summed E-state index contributed by atoms with van der Waals surface area (Å²) in [4.78, 5) is 9.31. The third-order valence-corrected chi connectivity index (χ3v) is 0.595. The molecule has 0 aliphatic carbocycles. The normalized spacial score (nSPS) is 11.4. The SMILES string of the molecule is C/N=C\N(C)/C=N/C. The summed E-state index contributed by atoms with van der Waals surface area (Å²) in [5.74, 6) is 0. The van der Waals surface area contributed by atoms with Crippen LogP contribution in [-0.4, -0.2) is 38.7 Å². The molecule has 0 aromatic carbocycles. The lowest BCUT2D eigenvalue weighted by atomic mass is 10.9. The standard InChI is InChI=1S/C5H11N3/c1-6-4-8(3)5-7-2/h4-5H,1-3H3/b6-4-,7-5+. The first-order valence-electron chi connectivity index (χ1n) is 2.37. The molecular formula is C5H11N3. The van der Waals surface area contributed by atoms with Gasteiger partial charge in [-0.25, -0.2) is 0 Å². The Labute approximate surface area is 49.7 Å². The molecule has 0 spiro atoms. The molecule has 3 nitrogen and oxygen atoms in total. The van der Waals surface area contributed by atoms with E-state index in [0.717, 1.165) is 0 Å². The second kappa shape index (κ2) is 4.30. The van der Waals surface area contributed by atoms with Crippen LogP contribution in [0.3, 0.4) is 0 Å². The Morgan fingerprint density at radius 3 is 1.75 bits per heavy atom. The molecule has 0 rings (SSSR count). The van der Waals surface area contributed by atoms with Gasteiger partial charge < -0.3 is 4.90 Å². The molecular weight excluding hydrogens is 102 g/mol. The van der Waals surface area contributed by atoms with Crippen LogP contribution in [0.1, 0.15) is 0 Å². The van der Waals surface area contributed by atoms with Crippen molar-refractivity contribution in [3.63, 3.8) is 0 Å². The quantitative estimate of drug-likeness (QED) is 0.372. The highest BCUT2D eigenvalue weighted by atomic mass is 15.1. The van der Waals surface area contributed by atoms with Crippen molar-refractivity contribution >= 4 is 12.7 Å². The van der Waals surface area contributed by atoms with Gasteiger partial charge in [0.2, 0.25) is 0 Å². The minimum absolute atomic E-state index is 1.69. The molecule has 0 fully saturated rings. The van der Waals surface area contributed by atoms with E-state index in [4.69, 9.17) is 0 Å². The van der Waals surface area contributed by atoms with Gasteiger partial charge >= 0.3 is 0 Å². The Hall–Kier alpha value is -0.860. The van der Waals surface area contributed by atoms with E-state index in [1.807, 2.05) is 7.05 Å². The van der Waals surface area contributed by atoms with E-state index in [0.29, 0.717) is 0 Å². The minimum atomic E-state index is 1.69. The van der Waals surface area contributed by atoms with Crippen LogP contribution in [-0.2, 0) is 0 Å². The Balaban J connectivity index is 3.47. The lowest BCUT2D eigenvalue weighted by Gasteiger charge is -2.00. The maximum absolute atomic E-state index is 3.76. The molecule has 0 aromatic rings. The number of nitrogens with zero attached hydrogens (tertiary/aromatic N) is 3. The van der Waals surface area contributed by atoms with Crippen molar-refractivity contribution in [2.24, 2.45) is 9.98 Å². The highest BCUT2D eigenvalue weighted by Gasteiger charge is 1.76. The van der Waals surface area contributed by atoms with Gasteiger partial charge in [-0.1, -0.05) is 0 Å². The summed E-state index contributed by atoms with van der Waals surface area (Å²) in [6, 6.07) is 0. The van der Waals surface area contributed by atoms with Gasteiger partial charge in [-0.2, -0.15) is 0 Å². The van der Waals surface area contributed by atoms with Crippen molar-refractivity contribution in [1.29, 1.82) is 0 Å². The van der Waals surface area contributed by atoms with Gasteiger partial charge in [0.15, 0.2) is 0 Å². The van der Waals surface area contributed by atoms with E-state index in [1.54, 1.807) is 31.7 Å². The summed E-state index contributed by atoms with van der Waals surface area (Å²) < 4.78 is 0. The fourth-order valence-electron chi connectivity index (χ4n) is 0.394. The lowest BCUT2D eigenvalue weighted by Crippen LogP contribution is -2.12. The fraction of sp³-hybridized carbons (Fsp3) is 0.600. The number of rotatable bonds is 2. The maximum atomic E-state index is 3.76. The van der Waals surface area contributed by atoms with Crippen LogP contribution in [0.4, 0.5) is 0 Å². The van der Waals surface area contributed by atoms with Crippen LogP contribution < -0.4 is 0 Å². The zero-order chi connectivity index (χ0) is 6.41. The summed E-state index contributed by atoms with van der Waals surface area (Å²) in [6.07, 6.45) is 3.38. The summed E-state index contributed by atoms with van der Waals surface area (Å²) in [6.45, 7) is 0. The lowest BCUT2D eigenvalue weighted by molar-refractivity contribution is 0.797. The largest absolute Gasteiger partial charge is 0.327 e. The third-order valence-electron chi connectivity index (χ3n) is 0.595. The molecule has 0 aromatic heterocycles. The van der Waals surface area contributed by atoms with Gasteiger partial charge in [0.1, 0.15) is 0 Å². The highest BCUT2D eigenvalue weighted by Crippen LogP contribution is 1.66. The minimum Gasteiger partial charge on any atom is -0.327 e. The van der Waals surface area contributed by atoms with Crippen LogP contribution in [0.15, 0.2) is 9.98 Å². The Kier molecular flexibility index (Phi) is 3.84. The van der Waals surface area contributed by atoms with E-state index in [2.05, 4.69) is 9.98 Å². The molecule has 8 heavy (non-hydrogen) atoms. The first-order valence-corrected chi connectivity index (χ1v) is 2.37. The van der Waals surface area contributed by atoms with E-state index < -0.39 is 0 Å². The Morgan fingerprint density at radius 2 is 1.50 bits per heavy atom. The molecule has 0 radical (unpaired) electrons. The van der Waals surface area contributed by atoms with Gasteiger partial charge in [-0.05, 0) is 0 Å². The van der Waals surface area contributed by atoms with E-state index >= 15 is 0 Å². The molecule has 0 N–H and O–H groups in total. The van der Waals surface area contributed by atoms with Gasteiger partial charge in [-0.15, -0.1) is 0 Å². The zero-order valence-corrected chi connectivity index (χ0v) is 5.50. The van der Waals surface area contributed by atoms with E-state index in [-0.39, 0.29) is 0 Å². The Bertz CT molecular complexity index is 83.8. The van der Waals surface area contributed by atoms with Crippen molar-refractivity contribution in [2.45, 2.75) is 0 Å². The van der Waals surface area contributed by atoms with Crippen LogP contribution in [0.5, 0.6) is 0 Å². The van der Waals surface area contributed by atoms with Gasteiger partial charge in [0.25, 0.3) is 0 Å². The first kappa shape index (κ1) is 7.14. The number of hydrogen-bond donors (Lipinski definition) is 0. The van der Waals surface area contributed by atoms with Gasteiger partial charge in [0.05, 0.1) is 12.7 Å². The van der Waals surface area contributed by atoms with Crippen LogP contribution >= 0.6 is 0 Å². The molecule has 0 unspecified atom stereocenters. The maximum Gasteiger partial charge on any atom is 0.0895 e. The number of aliphatic imine (C=N–C) groups is 2. The molecule has 0 saturated carbocycles. The van der Waals surface area contributed by atoms with Crippen molar-refractivity contribution in [2.75, 3.05) is 21.1 Å². The molecule has 0 aliphatic heterocycles. The van der Waals surface area contributed by atoms with E-state index in [1.165, 1.54) is 0 Å². The first-order chi connectivity index (χ1) is 3.81. The summed E-state index contributed by atoms with van der Waals surface area (Å²) >= 11 is 0. The van der Waals surface area contributed by atoms with Crippen molar-refractivity contribution < 1.29 is 0 Å². The molecule has 0 aliphatic rings. The van der Waals surface area contributed by atoms with Crippen LogP contribution in [0, 0.1) is 0 Å². The monoisotopic (exact) mass is 113 g/mol. The predicted octanol–water partition coefficient (Wildman–Crippen LogP) is 0.234. The van der Waals surface area contributed by atoms with Crippen molar-refractivity contribution in [3.8, 4) is 0 Å². The number of hydrogen-bond acceptors (Lipinski definition) is 2. The van der Waals surface area contributed by atoms with Crippen molar-refractivity contribution in [1.82, 2.24) is 4.90 Å². The van der Waals surface area contributed by atoms with Gasteiger partial charge in [-0.3, -0.25) is 9.98 Å². The van der Waals surface area contributed by atoms with Crippen molar-refractivity contribution in [3.05, 3.63) is 0 Å². The van der Waals surface area contributed by atoms with E-state index in [9.17, 15) is 0 Å². The molecule has 3 heteroatoms. The molecule has 46 valence electrons. The molecule has 0 heterocycles. The predicted molar refractivity (Wildman–Crippen MR) is 36.6 cm³/mol. The van der Waals surface area contributed by atoms with Gasteiger partial charge in [0, 0.05) is 21.1 Å². The zero-order valence-electron chi connectivity index (χ0n) is 5.50.